The van der Waals surface area contributed by atoms with Crippen molar-refractivity contribution in [3.8, 4) is 5.75 Å². The Hall–Kier alpha value is -1.88. The zero-order chi connectivity index (χ0) is 13.0. The van der Waals surface area contributed by atoms with Crippen LogP contribution >= 0.6 is 0 Å². The number of benzene rings is 1. The van der Waals surface area contributed by atoms with Gasteiger partial charge in [0.15, 0.2) is 5.82 Å². The molecule has 5 nitrogen and oxygen atoms in total. The van der Waals surface area contributed by atoms with E-state index in [0.717, 1.165) is 23.6 Å². The van der Waals surface area contributed by atoms with Crippen molar-refractivity contribution in [2.75, 3.05) is 0 Å². The second kappa shape index (κ2) is 5.64. The Bertz CT molecular complexity index is 492. The molecular formula is C13H18N4O. The molecule has 2 N–H and O–H groups in total. The highest BCUT2D eigenvalue weighted by Gasteiger charge is 2.04. The maximum Gasteiger partial charge on any atom is 0.170 e. The average molecular weight is 246 g/mol. The molecule has 0 bridgehead atoms. The zero-order valence-corrected chi connectivity index (χ0v) is 10.7. The third-order valence-electron chi connectivity index (χ3n) is 2.92. The van der Waals surface area contributed by atoms with E-state index < -0.39 is 0 Å². The van der Waals surface area contributed by atoms with Gasteiger partial charge in [-0.15, -0.1) is 10.2 Å². The highest BCUT2D eigenvalue weighted by Crippen LogP contribution is 2.18. The van der Waals surface area contributed by atoms with Crippen LogP contribution in [0.2, 0.25) is 0 Å². The van der Waals surface area contributed by atoms with Crippen LogP contribution in [0, 0.1) is 0 Å². The van der Waals surface area contributed by atoms with Crippen molar-refractivity contribution in [1.82, 2.24) is 14.8 Å². The van der Waals surface area contributed by atoms with Gasteiger partial charge in [0.25, 0.3) is 0 Å². The largest absolute Gasteiger partial charge is 0.486 e. The lowest BCUT2D eigenvalue weighted by molar-refractivity contribution is 0.291. The van der Waals surface area contributed by atoms with Gasteiger partial charge in [0.1, 0.15) is 18.7 Å². The molecule has 0 fully saturated rings. The Balaban J connectivity index is 1.96. The van der Waals surface area contributed by atoms with Crippen LogP contribution in [-0.4, -0.2) is 14.8 Å². The minimum Gasteiger partial charge on any atom is -0.486 e. The first-order chi connectivity index (χ1) is 8.70. The molecule has 0 amide bonds. The summed E-state index contributed by atoms with van der Waals surface area (Å²) in [6.07, 6.45) is 2.58. The lowest BCUT2D eigenvalue weighted by Gasteiger charge is -2.10. The van der Waals surface area contributed by atoms with Gasteiger partial charge in [0.05, 0.1) is 0 Å². The monoisotopic (exact) mass is 246 g/mol. The number of aryl methyl sites for hydroxylation is 1. The molecule has 1 atom stereocenters. The first-order valence-electron chi connectivity index (χ1n) is 6.02. The van der Waals surface area contributed by atoms with Crippen LogP contribution in [0.25, 0.3) is 0 Å². The molecule has 0 unspecified atom stereocenters. The molecule has 0 spiro atoms. The van der Waals surface area contributed by atoms with E-state index in [2.05, 4.69) is 17.1 Å². The maximum atomic E-state index is 5.95. The molecule has 0 saturated carbocycles. The van der Waals surface area contributed by atoms with Crippen molar-refractivity contribution in [1.29, 1.82) is 0 Å². The number of nitrogens with zero attached hydrogens (tertiary/aromatic N) is 3. The molecule has 0 saturated heterocycles. The summed E-state index contributed by atoms with van der Waals surface area (Å²) >= 11 is 0. The van der Waals surface area contributed by atoms with Crippen molar-refractivity contribution >= 4 is 0 Å². The summed E-state index contributed by atoms with van der Waals surface area (Å²) in [5, 5.41) is 7.76. The third-order valence-corrected chi connectivity index (χ3v) is 2.92. The fourth-order valence-electron chi connectivity index (χ4n) is 1.63. The van der Waals surface area contributed by atoms with Gasteiger partial charge >= 0.3 is 0 Å². The van der Waals surface area contributed by atoms with Gasteiger partial charge < -0.3 is 15.0 Å². The normalized spacial score (nSPS) is 12.4. The molecule has 5 heteroatoms. The SMILES string of the molecule is CC[C@@H](N)c1ccc(OCc2nncn2C)cc1. The molecule has 18 heavy (non-hydrogen) atoms. The van der Waals surface area contributed by atoms with Gasteiger partial charge in [0, 0.05) is 13.1 Å². The van der Waals surface area contributed by atoms with E-state index in [9.17, 15) is 0 Å². The molecule has 2 aromatic rings. The van der Waals surface area contributed by atoms with E-state index in [1.54, 1.807) is 6.33 Å². The van der Waals surface area contributed by atoms with Gasteiger partial charge in [0.2, 0.25) is 0 Å². The van der Waals surface area contributed by atoms with E-state index in [0.29, 0.717) is 6.61 Å². The van der Waals surface area contributed by atoms with Gasteiger partial charge in [-0.1, -0.05) is 19.1 Å². The first kappa shape index (κ1) is 12.6. The van der Waals surface area contributed by atoms with Gasteiger partial charge in [-0.25, -0.2) is 0 Å². The Morgan fingerprint density at radius 2 is 2.06 bits per heavy atom. The minimum absolute atomic E-state index is 0.0952. The van der Waals surface area contributed by atoms with Crippen molar-refractivity contribution in [2.45, 2.75) is 26.0 Å². The molecule has 0 aliphatic heterocycles. The topological polar surface area (TPSA) is 66.0 Å². The van der Waals surface area contributed by atoms with Gasteiger partial charge in [-0.3, -0.25) is 0 Å². The number of ether oxygens (including phenoxy) is 1. The lowest BCUT2D eigenvalue weighted by Crippen LogP contribution is -2.08. The van der Waals surface area contributed by atoms with Crippen molar-refractivity contribution in [3.63, 3.8) is 0 Å². The van der Waals surface area contributed by atoms with E-state index in [4.69, 9.17) is 10.5 Å². The fourth-order valence-corrected chi connectivity index (χ4v) is 1.63. The molecule has 2 rings (SSSR count). The van der Waals surface area contributed by atoms with E-state index >= 15 is 0 Å². The summed E-state index contributed by atoms with van der Waals surface area (Å²) in [4.78, 5) is 0. The highest BCUT2D eigenvalue weighted by atomic mass is 16.5. The summed E-state index contributed by atoms with van der Waals surface area (Å²) in [5.41, 5.74) is 7.08. The first-order valence-corrected chi connectivity index (χ1v) is 6.02. The Kier molecular flexibility index (Phi) is 3.94. The van der Waals surface area contributed by atoms with Crippen LogP contribution in [-0.2, 0) is 13.7 Å². The van der Waals surface area contributed by atoms with Crippen molar-refractivity contribution in [3.05, 3.63) is 42.0 Å². The lowest BCUT2D eigenvalue weighted by atomic mass is 10.1. The molecule has 0 aliphatic carbocycles. The summed E-state index contributed by atoms with van der Waals surface area (Å²) in [6.45, 7) is 2.48. The van der Waals surface area contributed by atoms with Gasteiger partial charge in [-0.2, -0.15) is 0 Å². The molecule has 0 aliphatic rings. The van der Waals surface area contributed by atoms with Crippen LogP contribution in [0.4, 0.5) is 0 Å². The molecule has 1 aromatic carbocycles. The molecular weight excluding hydrogens is 228 g/mol. The minimum atomic E-state index is 0.0952. The molecule has 1 aromatic heterocycles. The molecule has 96 valence electrons. The Morgan fingerprint density at radius 3 is 2.61 bits per heavy atom. The quantitative estimate of drug-likeness (QED) is 0.873. The smallest absolute Gasteiger partial charge is 0.170 e. The van der Waals surface area contributed by atoms with E-state index in [-0.39, 0.29) is 6.04 Å². The summed E-state index contributed by atoms with van der Waals surface area (Å²) in [6, 6.07) is 7.96. The van der Waals surface area contributed by atoms with Crippen LogP contribution in [0.5, 0.6) is 5.75 Å². The second-order valence-electron chi connectivity index (χ2n) is 4.23. The van der Waals surface area contributed by atoms with E-state index in [1.165, 1.54) is 0 Å². The number of rotatable bonds is 5. The number of hydrogen-bond acceptors (Lipinski definition) is 4. The Labute approximate surface area is 107 Å². The van der Waals surface area contributed by atoms with Crippen LogP contribution in [0.15, 0.2) is 30.6 Å². The maximum absolute atomic E-state index is 5.95. The predicted octanol–water partition coefficient (Wildman–Crippen LogP) is 1.80. The number of nitrogens with two attached hydrogens (primary N) is 1. The number of hydrogen-bond donors (Lipinski definition) is 1. The van der Waals surface area contributed by atoms with Gasteiger partial charge in [-0.05, 0) is 24.1 Å². The zero-order valence-electron chi connectivity index (χ0n) is 10.7. The average Bonchev–Trinajstić information content (AvgIpc) is 2.81. The molecule has 0 radical (unpaired) electrons. The standard InChI is InChI=1S/C13H18N4O/c1-3-12(14)10-4-6-11(7-5-10)18-8-13-16-15-9-17(13)2/h4-7,9,12H,3,8,14H2,1-2H3/t12-/m1/s1. The van der Waals surface area contributed by atoms with Crippen LogP contribution < -0.4 is 10.5 Å². The highest BCUT2D eigenvalue weighted by molar-refractivity contribution is 5.29. The summed E-state index contributed by atoms with van der Waals surface area (Å²) < 4.78 is 7.47. The summed E-state index contributed by atoms with van der Waals surface area (Å²) in [5.74, 6) is 1.61. The number of aromatic nitrogens is 3. The Morgan fingerprint density at radius 1 is 1.33 bits per heavy atom. The van der Waals surface area contributed by atoms with Crippen LogP contribution in [0.3, 0.4) is 0 Å². The van der Waals surface area contributed by atoms with E-state index in [1.807, 2.05) is 35.9 Å². The van der Waals surface area contributed by atoms with Crippen molar-refractivity contribution < 1.29 is 4.74 Å². The van der Waals surface area contributed by atoms with Crippen molar-refractivity contribution in [2.24, 2.45) is 12.8 Å². The van der Waals surface area contributed by atoms with Crippen LogP contribution in [0.1, 0.15) is 30.8 Å². The summed E-state index contributed by atoms with van der Waals surface area (Å²) in [7, 11) is 1.89. The predicted molar refractivity (Wildman–Crippen MR) is 69.0 cm³/mol. The second-order valence-corrected chi connectivity index (χ2v) is 4.23. The molecule has 1 heterocycles. The third kappa shape index (κ3) is 2.87. The fraction of sp³-hybridized carbons (Fsp3) is 0.385.